The van der Waals surface area contributed by atoms with Gasteiger partial charge in [0.25, 0.3) is 5.91 Å². The number of carbonyl (C=O) groups is 1. The molecule has 8 heteroatoms. The van der Waals surface area contributed by atoms with Gasteiger partial charge in [-0.3, -0.25) is 4.79 Å². The molecule has 0 unspecified atom stereocenters. The summed E-state index contributed by atoms with van der Waals surface area (Å²) in [6.45, 7) is 2.74. The van der Waals surface area contributed by atoms with E-state index < -0.39 is 0 Å². The van der Waals surface area contributed by atoms with Gasteiger partial charge in [0.15, 0.2) is 5.01 Å². The van der Waals surface area contributed by atoms with E-state index in [0.29, 0.717) is 27.4 Å². The molecular weight excluding hydrogens is 417 g/mol. The molecule has 0 saturated carbocycles. The summed E-state index contributed by atoms with van der Waals surface area (Å²) >= 11 is 13.3. The summed E-state index contributed by atoms with van der Waals surface area (Å²) in [7, 11) is 0. The van der Waals surface area contributed by atoms with E-state index in [-0.39, 0.29) is 10.9 Å². The van der Waals surface area contributed by atoms with Gasteiger partial charge in [0.1, 0.15) is 5.75 Å². The molecule has 28 heavy (non-hydrogen) atoms. The molecule has 144 valence electrons. The molecule has 0 aliphatic rings. The van der Waals surface area contributed by atoms with Crippen molar-refractivity contribution in [3.8, 4) is 5.75 Å². The van der Waals surface area contributed by atoms with Gasteiger partial charge < -0.3 is 10.1 Å². The third-order valence-electron chi connectivity index (χ3n) is 3.57. The topological polar surface area (TPSA) is 64.1 Å². The summed E-state index contributed by atoms with van der Waals surface area (Å²) in [5.41, 5.74) is 1.52. The van der Waals surface area contributed by atoms with Crippen molar-refractivity contribution in [1.82, 2.24) is 10.2 Å². The second-order valence-electron chi connectivity index (χ2n) is 5.78. The van der Waals surface area contributed by atoms with Gasteiger partial charge in [0, 0.05) is 10.7 Å². The first-order valence-electron chi connectivity index (χ1n) is 8.56. The summed E-state index contributed by atoms with van der Waals surface area (Å²) in [4.78, 5) is 12.3. The van der Waals surface area contributed by atoms with E-state index in [1.54, 1.807) is 30.3 Å². The van der Waals surface area contributed by atoms with E-state index >= 15 is 0 Å². The lowest BCUT2D eigenvalue weighted by Crippen LogP contribution is -2.11. The van der Waals surface area contributed by atoms with Gasteiger partial charge >= 0.3 is 0 Å². The lowest BCUT2D eigenvalue weighted by molar-refractivity contribution is 0.102. The predicted molar refractivity (Wildman–Crippen MR) is 115 cm³/mol. The second-order valence-corrected chi connectivity index (χ2v) is 7.60. The smallest absolute Gasteiger partial charge is 0.286 e. The van der Waals surface area contributed by atoms with Crippen LogP contribution in [-0.2, 0) is 0 Å². The van der Waals surface area contributed by atoms with Gasteiger partial charge in [-0.05, 0) is 54.5 Å². The van der Waals surface area contributed by atoms with Crippen molar-refractivity contribution in [1.29, 1.82) is 0 Å². The molecular formula is C20H17Cl2N3O2S. The standard InChI is InChI=1S/C20H17Cl2N3O2S/c1-2-11-27-16-9-3-13(4-10-16)12-17(22)19-24-25-20(28-19)18(26)23-15-7-5-14(21)6-8-15/h3-10,12H,2,11H2,1H3,(H,23,26)/b17-12-. The number of halogens is 2. The Morgan fingerprint density at radius 3 is 2.46 bits per heavy atom. The molecule has 1 heterocycles. The van der Waals surface area contributed by atoms with Gasteiger partial charge in [-0.2, -0.15) is 0 Å². The van der Waals surface area contributed by atoms with E-state index in [0.717, 1.165) is 29.1 Å². The van der Waals surface area contributed by atoms with Crippen LogP contribution < -0.4 is 10.1 Å². The highest BCUT2D eigenvalue weighted by molar-refractivity contribution is 7.15. The fourth-order valence-corrected chi connectivity index (χ4v) is 3.27. The molecule has 0 fully saturated rings. The average Bonchev–Trinajstić information content (AvgIpc) is 3.20. The van der Waals surface area contributed by atoms with Crippen molar-refractivity contribution >= 4 is 57.2 Å². The van der Waals surface area contributed by atoms with Crippen molar-refractivity contribution < 1.29 is 9.53 Å². The van der Waals surface area contributed by atoms with Crippen LogP contribution in [0.2, 0.25) is 5.02 Å². The van der Waals surface area contributed by atoms with Crippen LogP contribution in [0.3, 0.4) is 0 Å². The number of benzene rings is 2. The largest absolute Gasteiger partial charge is 0.494 e. The summed E-state index contributed by atoms with van der Waals surface area (Å²) < 4.78 is 5.56. The quantitative estimate of drug-likeness (QED) is 0.498. The minimum absolute atomic E-state index is 0.222. The van der Waals surface area contributed by atoms with Gasteiger partial charge in [-0.25, -0.2) is 0 Å². The van der Waals surface area contributed by atoms with Crippen LogP contribution in [-0.4, -0.2) is 22.7 Å². The number of nitrogens with zero attached hydrogens (tertiary/aromatic N) is 2. The van der Waals surface area contributed by atoms with Gasteiger partial charge in [0.2, 0.25) is 5.01 Å². The highest BCUT2D eigenvalue weighted by atomic mass is 35.5. The molecule has 1 N–H and O–H groups in total. The van der Waals surface area contributed by atoms with Crippen LogP contribution >= 0.6 is 34.5 Å². The maximum absolute atomic E-state index is 12.3. The zero-order chi connectivity index (χ0) is 19.9. The molecule has 1 amide bonds. The van der Waals surface area contributed by atoms with Crippen LogP contribution in [0.4, 0.5) is 5.69 Å². The predicted octanol–water partition coefficient (Wildman–Crippen LogP) is 5.97. The Morgan fingerprint density at radius 2 is 1.79 bits per heavy atom. The van der Waals surface area contributed by atoms with Crippen molar-refractivity contribution in [2.45, 2.75) is 13.3 Å². The van der Waals surface area contributed by atoms with E-state index in [1.165, 1.54) is 0 Å². The molecule has 0 aliphatic carbocycles. The molecule has 0 atom stereocenters. The van der Waals surface area contributed by atoms with Gasteiger partial charge in [0.05, 0.1) is 11.6 Å². The monoisotopic (exact) mass is 433 g/mol. The first-order valence-corrected chi connectivity index (χ1v) is 10.1. The van der Waals surface area contributed by atoms with E-state index in [2.05, 4.69) is 22.4 Å². The minimum Gasteiger partial charge on any atom is -0.494 e. The van der Waals surface area contributed by atoms with Crippen LogP contribution in [0.25, 0.3) is 11.1 Å². The lowest BCUT2D eigenvalue weighted by atomic mass is 10.2. The summed E-state index contributed by atoms with van der Waals surface area (Å²) in [5, 5.41) is 12.4. The Morgan fingerprint density at radius 1 is 1.11 bits per heavy atom. The lowest BCUT2D eigenvalue weighted by Gasteiger charge is -2.04. The first-order chi connectivity index (χ1) is 13.5. The Kier molecular flexibility index (Phi) is 7.03. The van der Waals surface area contributed by atoms with Crippen LogP contribution in [0.1, 0.15) is 33.7 Å². The van der Waals surface area contributed by atoms with Gasteiger partial charge in [-0.15, -0.1) is 10.2 Å². The second kappa shape index (κ2) is 9.68. The molecule has 0 spiro atoms. The molecule has 3 aromatic rings. The maximum atomic E-state index is 12.3. The molecule has 0 saturated heterocycles. The van der Waals surface area contributed by atoms with Crippen molar-refractivity contribution in [2.24, 2.45) is 0 Å². The summed E-state index contributed by atoms with van der Waals surface area (Å²) in [6, 6.07) is 14.4. The number of carbonyl (C=O) groups excluding carboxylic acids is 1. The number of amides is 1. The van der Waals surface area contributed by atoms with Crippen LogP contribution in [0.15, 0.2) is 48.5 Å². The number of rotatable bonds is 7. The van der Waals surface area contributed by atoms with E-state index in [9.17, 15) is 4.79 Å². The van der Waals surface area contributed by atoms with E-state index in [4.69, 9.17) is 27.9 Å². The number of anilines is 1. The normalized spacial score (nSPS) is 11.3. The Balaban J connectivity index is 1.67. The summed E-state index contributed by atoms with van der Waals surface area (Å²) in [5.74, 6) is 0.458. The highest BCUT2D eigenvalue weighted by Gasteiger charge is 2.15. The van der Waals surface area contributed by atoms with Crippen molar-refractivity contribution in [2.75, 3.05) is 11.9 Å². The van der Waals surface area contributed by atoms with Crippen LogP contribution in [0.5, 0.6) is 5.75 Å². The van der Waals surface area contributed by atoms with Crippen molar-refractivity contribution in [3.05, 3.63) is 69.1 Å². The number of ether oxygens (including phenoxy) is 1. The Bertz CT molecular complexity index is 970. The molecule has 0 aliphatic heterocycles. The Hall–Kier alpha value is -2.41. The average molecular weight is 434 g/mol. The SMILES string of the molecule is CCCOc1ccc(/C=C(\Cl)c2nnc(C(=O)Nc3ccc(Cl)cc3)s2)cc1. The zero-order valence-electron chi connectivity index (χ0n) is 15.0. The fraction of sp³-hybridized carbons (Fsp3) is 0.150. The van der Waals surface area contributed by atoms with Gasteiger partial charge in [-0.1, -0.05) is 53.6 Å². The minimum atomic E-state index is -0.354. The molecule has 1 aromatic heterocycles. The van der Waals surface area contributed by atoms with E-state index in [1.807, 2.05) is 24.3 Å². The third kappa shape index (κ3) is 5.55. The first kappa shape index (κ1) is 20.3. The zero-order valence-corrected chi connectivity index (χ0v) is 17.3. The maximum Gasteiger partial charge on any atom is 0.286 e. The fourth-order valence-electron chi connectivity index (χ4n) is 2.22. The number of aromatic nitrogens is 2. The van der Waals surface area contributed by atoms with Crippen molar-refractivity contribution in [3.63, 3.8) is 0 Å². The highest BCUT2D eigenvalue weighted by Crippen LogP contribution is 2.26. The number of hydrogen-bond acceptors (Lipinski definition) is 5. The number of nitrogens with one attached hydrogen (secondary N) is 1. The number of hydrogen-bond donors (Lipinski definition) is 1. The molecule has 0 bridgehead atoms. The molecule has 0 radical (unpaired) electrons. The Labute approximate surface area is 177 Å². The van der Waals surface area contributed by atoms with Crippen LogP contribution in [0, 0.1) is 0 Å². The molecule has 3 rings (SSSR count). The molecule has 2 aromatic carbocycles. The summed E-state index contributed by atoms with van der Waals surface area (Å²) in [6.07, 6.45) is 2.73. The third-order valence-corrected chi connectivity index (χ3v) is 5.18. The molecule has 5 nitrogen and oxygen atoms in total.